The zero-order valence-electron chi connectivity index (χ0n) is 13.3. The molecule has 4 nitrogen and oxygen atoms in total. The van der Waals surface area contributed by atoms with Gasteiger partial charge in [0.1, 0.15) is 17.2 Å². The molecule has 3 atom stereocenters. The lowest BCUT2D eigenvalue weighted by atomic mass is 9.99. The minimum absolute atomic E-state index is 0.233. The van der Waals surface area contributed by atoms with Gasteiger partial charge >= 0.3 is 0 Å². The van der Waals surface area contributed by atoms with E-state index >= 15 is 0 Å². The Bertz CT molecular complexity index is 859. The highest BCUT2D eigenvalue weighted by molar-refractivity contribution is 5.47. The van der Waals surface area contributed by atoms with Crippen molar-refractivity contribution in [3.63, 3.8) is 0 Å². The molecular weight excluding hydrogens is 314 g/mol. The molecule has 0 saturated heterocycles. The Kier molecular flexibility index (Phi) is 2.54. The number of nitrogens with zero attached hydrogens (tertiary/aromatic N) is 1. The Morgan fingerprint density at radius 2 is 0.800 bits per heavy atom. The first-order valence-electron chi connectivity index (χ1n) is 8.44. The van der Waals surface area contributed by atoms with Crippen molar-refractivity contribution in [2.45, 2.75) is 18.7 Å². The normalized spacial score (nSPS) is 25.2. The van der Waals surface area contributed by atoms with Gasteiger partial charge < -0.3 is 14.2 Å². The summed E-state index contributed by atoms with van der Waals surface area (Å²) >= 11 is 0. The summed E-state index contributed by atoms with van der Waals surface area (Å²) in [4.78, 5) is 2.17. The molecule has 0 unspecified atom stereocenters. The average Bonchev–Trinajstić information content (AvgIpc) is 2.68. The molecule has 3 aliphatic heterocycles. The lowest BCUT2D eigenvalue weighted by Crippen LogP contribution is -2.50. The fourth-order valence-electron chi connectivity index (χ4n) is 3.96. The molecule has 0 amide bonds. The van der Waals surface area contributed by atoms with E-state index in [-0.39, 0.29) is 18.7 Å². The molecule has 3 aromatic rings. The van der Waals surface area contributed by atoms with E-state index in [2.05, 4.69) is 23.1 Å². The van der Waals surface area contributed by atoms with Crippen molar-refractivity contribution in [1.82, 2.24) is 4.90 Å². The molecule has 0 saturated carbocycles. The molecule has 6 rings (SSSR count). The summed E-state index contributed by atoms with van der Waals surface area (Å²) in [5, 5.41) is 0. The van der Waals surface area contributed by atoms with Crippen LogP contribution in [0, 0.1) is 0 Å². The van der Waals surface area contributed by atoms with Crippen LogP contribution in [-0.4, -0.2) is 4.90 Å². The van der Waals surface area contributed by atoms with Gasteiger partial charge in [0.25, 0.3) is 0 Å². The fourth-order valence-corrected chi connectivity index (χ4v) is 3.96. The minimum atomic E-state index is -0.233. The number of rotatable bonds is 0. The van der Waals surface area contributed by atoms with Gasteiger partial charge in [0.05, 0.1) is 16.7 Å². The van der Waals surface area contributed by atoms with Crippen LogP contribution in [0.4, 0.5) is 0 Å². The summed E-state index contributed by atoms with van der Waals surface area (Å²) in [6.45, 7) is 0. The number of para-hydroxylation sites is 3. The summed E-state index contributed by atoms with van der Waals surface area (Å²) in [7, 11) is 0. The van der Waals surface area contributed by atoms with Crippen LogP contribution >= 0.6 is 0 Å². The number of fused-ring (bicyclic) bond motifs is 6. The van der Waals surface area contributed by atoms with Crippen LogP contribution in [0.15, 0.2) is 72.8 Å². The molecule has 122 valence electrons. The van der Waals surface area contributed by atoms with E-state index in [1.165, 1.54) is 0 Å². The molecule has 25 heavy (non-hydrogen) atoms. The maximum atomic E-state index is 6.38. The van der Waals surface area contributed by atoms with E-state index < -0.39 is 0 Å². The second-order valence-electron chi connectivity index (χ2n) is 6.47. The molecule has 3 heterocycles. The Balaban J connectivity index is 1.62. The van der Waals surface area contributed by atoms with Crippen LogP contribution in [0.25, 0.3) is 0 Å². The van der Waals surface area contributed by atoms with Crippen molar-refractivity contribution in [2.75, 3.05) is 0 Å². The first-order valence-corrected chi connectivity index (χ1v) is 8.44. The number of benzene rings is 3. The van der Waals surface area contributed by atoms with Crippen LogP contribution in [0.5, 0.6) is 17.2 Å². The lowest BCUT2D eigenvalue weighted by molar-refractivity contribution is -0.202. The number of ether oxygens (including phenoxy) is 3. The third kappa shape index (κ3) is 1.74. The molecule has 0 fully saturated rings. The average molecular weight is 329 g/mol. The van der Waals surface area contributed by atoms with Gasteiger partial charge in [-0.3, -0.25) is 0 Å². The van der Waals surface area contributed by atoms with E-state index in [4.69, 9.17) is 14.2 Å². The van der Waals surface area contributed by atoms with Crippen LogP contribution in [0.2, 0.25) is 0 Å². The van der Waals surface area contributed by atoms with E-state index in [1.807, 2.05) is 54.6 Å². The third-order valence-corrected chi connectivity index (χ3v) is 5.08. The Labute approximate surface area is 145 Å². The van der Waals surface area contributed by atoms with E-state index in [0.717, 1.165) is 33.9 Å². The maximum Gasteiger partial charge on any atom is 0.188 e. The molecule has 0 aliphatic carbocycles. The molecule has 0 spiro atoms. The summed E-state index contributed by atoms with van der Waals surface area (Å²) in [6.07, 6.45) is -0.699. The topological polar surface area (TPSA) is 30.9 Å². The quantitative estimate of drug-likeness (QED) is 0.605. The first kappa shape index (κ1) is 13.3. The molecule has 0 aromatic heterocycles. The van der Waals surface area contributed by atoms with E-state index in [9.17, 15) is 0 Å². The highest BCUT2D eigenvalue weighted by Gasteiger charge is 2.50. The highest BCUT2D eigenvalue weighted by atomic mass is 16.6. The van der Waals surface area contributed by atoms with Crippen molar-refractivity contribution in [3.05, 3.63) is 89.5 Å². The van der Waals surface area contributed by atoms with Crippen molar-refractivity contribution >= 4 is 0 Å². The smallest absolute Gasteiger partial charge is 0.188 e. The van der Waals surface area contributed by atoms with E-state index in [1.54, 1.807) is 0 Å². The first-order chi connectivity index (χ1) is 12.4. The van der Waals surface area contributed by atoms with Crippen molar-refractivity contribution in [2.24, 2.45) is 0 Å². The Morgan fingerprint density at radius 3 is 1.16 bits per heavy atom. The van der Waals surface area contributed by atoms with Crippen molar-refractivity contribution in [1.29, 1.82) is 0 Å². The van der Waals surface area contributed by atoms with Gasteiger partial charge in [-0.25, -0.2) is 0 Å². The SMILES string of the molecule is c1ccc2c(c1)O[C@H]1c3ccccc3O[C@H]3c4ccccc4O[C@@H]2N31. The summed E-state index contributed by atoms with van der Waals surface area (Å²) in [5.74, 6) is 2.59. The molecular formula is C21H15NO3. The van der Waals surface area contributed by atoms with Crippen LogP contribution in [-0.2, 0) is 0 Å². The van der Waals surface area contributed by atoms with Gasteiger partial charge in [0.15, 0.2) is 18.7 Å². The number of hydrogen-bond donors (Lipinski definition) is 0. The summed E-state index contributed by atoms with van der Waals surface area (Å²) < 4.78 is 19.1. The molecule has 0 N–H and O–H groups in total. The van der Waals surface area contributed by atoms with Crippen LogP contribution < -0.4 is 14.2 Å². The maximum absolute atomic E-state index is 6.38. The molecule has 4 heteroatoms. The van der Waals surface area contributed by atoms with Gasteiger partial charge in [-0.1, -0.05) is 54.6 Å². The Morgan fingerprint density at radius 1 is 0.480 bits per heavy atom. The second kappa shape index (κ2) is 4.77. The minimum Gasteiger partial charge on any atom is -0.470 e. The van der Waals surface area contributed by atoms with Crippen LogP contribution in [0.1, 0.15) is 35.4 Å². The molecule has 3 aliphatic rings. The largest absolute Gasteiger partial charge is 0.470 e. The standard InChI is InChI=1S/C21H15NO3/c1-4-10-16-13(7-1)19-22-20(23-16)15-9-3-6-12-18(15)25-21(22)14-8-2-5-11-17(14)24-19/h1-12,19-21H/t19-,20-,21-/m0/s1. The third-order valence-electron chi connectivity index (χ3n) is 5.08. The number of hydrogen-bond acceptors (Lipinski definition) is 4. The molecule has 0 radical (unpaired) electrons. The lowest BCUT2D eigenvalue weighted by Gasteiger charge is -2.51. The van der Waals surface area contributed by atoms with Gasteiger partial charge in [-0.05, 0) is 18.2 Å². The van der Waals surface area contributed by atoms with Gasteiger partial charge in [0.2, 0.25) is 0 Å². The van der Waals surface area contributed by atoms with Gasteiger partial charge in [-0.2, -0.15) is 4.90 Å². The zero-order valence-corrected chi connectivity index (χ0v) is 13.3. The summed E-state index contributed by atoms with van der Waals surface area (Å²) in [6, 6.07) is 24.2. The summed E-state index contributed by atoms with van der Waals surface area (Å²) in [5.41, 5.74) is 3.09. The van der Waals surface area contributed by atoms with Gasteiger partial charge in [-0.15, -0.1) is 0 Å². The van der Waals surface area contributed by atoms with E-state index in [0.29, 0.717) is 0 Å². The predicted molar refractivity (Wildman–Crippen MR) is 91.3 cm³/mol. The monoisotopic (exact) mass is 329 g/mol. The Hall–Kier alpha value is -2.98. The van der Waals surface area contributed by atoms with Crippen molar-refractivity contribution < 1.29 is 14.2 Å². The van der Waals surface area contributed by atoms with Crippen molar-refractivity contribution in [3.8, 4) is 17.2 Å². The fraction of sp³-hybridized carbons (Fsp3) is 0.143. The molecule has 3 aromatic carbocycles. The second-order valence-corrected chi connectivity index (χ2v) is 6.47. The highest BCUT2D eigenvalue weighted by Crippen LogP contribution is 2.55. The zero-order chi connectivity index (χ0) is 16.4. The van der Waals surface area contributed by atoms with Crippen LogP contribution in [0.3, 0.4) is 0 Å². The molecule has 0 bridgehead atoms. The predicted octanol–water partition coefficient (Wildman–Crippen LogP) is 4.56. The van der Waals surface area contributed by atoms with Gasteiger partial charge in [0, 0.05) is 0 Å².